The Morgan fingerprint density at radius 1 is 1.00 bits per heavy atom. The van der Waals surface area contributed by atoms with Gasteiger partial charge in [0.05, 0.1) is 0 Å². The summed E-state index contributed by atoms with van der Waals surface area (Å²) in [6.45, 7) is 0. The predicted molar refractivity (Wildman–Crippen MR) is 11.5 cm³/mol. The Labute approximate surface area is 77.4 Å². The van der Waals surface area contributed by atoms with Gasteiger partial charge in [0.15, 0.2) is 0 Å². The maximum atomic E-state index is 0. The zero-order valence-corrected chi connectivity index (χ0v) is 8.35. The fourth-order valence-electron chi connectivity index (χ4n) is 0. The van der Waals surface area contributed by atoms with E-state index in [9.17, 15) is 0 Å². The summed E-state index contributed by atoms with van der Waals surface area (Å²) in [5.41, 5.74) is 0. The molecule has 0 aromatic heterocycles. The minimum atomic E-state index is 0. The van der Waals surface area contributed by atoms with Crippen molar-refractivity contribution in [2.24, 2.45) is 0 Å². The van der Waals surface area contributed by atoms with Gasteiger partial charge in [-0.2, -0.15) is 0 Å². The summed E-state index contributed by atoms with van der Waals surface area (Å²) in [6.07, 6.45) is 0. The van der Waals surface area contributed by atoms with Gasteiger partial charge in [0.2, 0.25) is 0 Å². The summed E-state index contributed by atoms with van der Waals surface area (Å²) in [6, 6.07) is 0. The number of hydrogen-bond donors (Lipinski definition) is 0. The first kappa shape index (κ1) is 31.4. The Hall–Kier alpha value is 2.51. The van der Waals surface area contributed by atoms with Crippen molar-refractivity contribution < 1.29 is 36.5 Å². The van der Waals surface area contributed by atoms with Crippen molar-refractivity contribution in [1.82, 2.24) is 0 Å². The van der Waals surface area contributed by atoms with Crippen molar-refractivity contribution in [3.63, 3.8) is 0 Å². The standard InChI is InChI=1S/Li.Mg.Mn.Zn. The SMILES string of the molecule is [Li].[Mg].[Mn].[Zn]. The first-order chi connectivity index (χ1) is 0. The van der Waals surface area contributed by atoms with Crippen LogP contribution in [0.25, 0.3) is 0 Å². The molecule has 0 saturated carbocycles. The van der Waals surface area contributed by atoms with Crippen LogP contribution in [-0.4, -0.2) is 41.9 Å². The fourth-order valence-corrected chi connectivity index (χ4v) is 0. The Balaban J connectivity index is 0. The van der Waals surface area contributed by atoms with E-state index in [-0.39, 0.29) is 78.5 Å². The van der Waals surface area contributed by atoms with Gasteiger partial charge in [-0.25, -0.2) is 0 Å². The Morgan fingerprint density at radius 2 is 1.00 bits per heavy atom. The summed E-state index contributed by atoms with van der Waals surface area (Å²) >= 11 is 0. The molecule has 0 spiro atoms. The van der Waals surface area contributed by atoms with Gasteiger partial charge < -0.3 is 0 Å². The molecular weight excluding hydrogens is 152 g/mol. The van der Waals surface area contributed by atoms with E-state index in [2.05, 4.69) is 0 Å². The molecule has 0 nitrogen and oxygen atoms in total. The van der Waals surface area contributed by atoms with Gasteiger partial charge in [-0.1, -0.05) is 0 Å². The molecule has 0 heterocycles. The largest absolute Gasteiger partial charge is 0 e. The van der Waals surface area contributed by atoms with Crippen molar-refractivity contribution in [2.75, 3.05) is 0 Å². The summed E-state index contributed by atoms with van der Waals surface area (Å²) < 4.78 is 0. The first-order valence-corrected chi connectivity index (χ1v) is 0. The summed E-state index contributed by atoms with van der Waals surface area (Å²) in [7, 11) is 0. The van der Waals surface area contributed by atoms with Gasteiger partial charge in [-0.05, 0) is 0 Å². The van der Waals surface area contributed by atoms with Crippen LogP contribution < -0.4 is 0 Å². The molecule has 4 heteroatoms. The van der Waals surface area contributed by atoms with Crippen LogP contribution in [0.5, 0.6) is 0 Å². The number of rotatable bonds is 0. The average Bonchev–Trinajstić information content (AvgIpc) is 0. The molecule has 0 atom stereocenters. The molecule has 0 bridgehead atoms. The molecular formula is LiMgMnZn. The van der Waals surface area contributed by atoms with E-state index >= 15 is 0 Å². The molecule has 0 aromatic carbocycles. The minimum Gasteiger partial charge on any atom is 0 e. The van der Waals surface area contributed by atoms with E-state index in [0.717, 1.165) is 0 Å². The van der Waals surface area contributed by atoms with Crippen LogP contribution in [0.1, 0.15) is 0 Å². The molecule has 12 valence electrons. The topological polar surface area (TPSA) is 0 Å². The molecule has 4 heavy (non-hydrogen) atoms. The maximum absolute atomic E-state index is 0. The van der Waals surface area contributed by atoms with Gasteiger partial charge >= 0.3 is 0 Å². The van der Waals surface area contributed by atoms with E-state index in [1.165, 1.54) is 0 Å². The molecule has 0 aliphatic heterocycles. The normalized spacial score (nSPS) is 0. The van der Waals surface area contributed by atoms with E-state index < -0.39 is 0 Å². The zero-order valence-electron chi connectivity index (χ0n) is 2.79. The van der Waals surface area contributed by atoms with Gasteiger partial charge in [0, 0.05) is 78.5 Å². The molecule has 0 unspecified atom stereocenters. The average molecular weight is 152 g/mol. The van der Waals surface area contributed by atoms with Crippen molar-refractivity contribution >= 4 is 41.9 Å². The van der Waals surface area contributed by atoms with Crippen molar-refractivity contribution in [3.8, 4) is 0 Å². The maximum Gasteiger partial charge on any atom is 0 e. The van der Waals surface area contributed by atoms with Gasteiger partial charge in [-0.15, -0.1) is 0 Å². The second-order valence-electron chi connectivity index (χ2n) is 0. The quantitative estimate of drug-likeness (QED) is 0.399. The van der Waals surface area contributed by atoms with Crippen LogP contribution >= 0.6 is 0 Å². The zero-order chi connectivity index (χ0) is 0. The smallest absolute Gasteiger partial charge is 0 e. The molecule has 0 fully saturated rings. The molecule has 0 aliphatic rings. The first-order valence-electron chi connectivity index (χ1n) is 0. The second-order valence-corrected chi connectivity index (χ2v) is 0. The van der Waals surface area contributed by atoms with Crippen LogP contribution in [0.15, 0.2) is 0 Å². The third kappa shape index (κ3) is 8.82. The van der Waals surface area contributed by atoms with Crippen molar-refractivity contribution in [1.29, 1.82) is 0 Å². The fraction of sp³-hybridized carbons (Fsp3) is 0. The van der Waals surface area contributed by atoms with E-state index in [4.69, 9.17) is 0 Å². The number of hydrogen-bond acceptors (Lipinski definition) is 0. The third-order valence-electron chi connectivity index (χ3n) is 0. The van der Waals surface area contributed by atoms with Crippen LogP contribution in [0.4, 0.5) is 0 Å². The summed E-state index contributed by atoms with van der Waals surface area (Å²) in [5, 5.41) is 0. The van der Waals surface area contributed by atoms with E-state index in [1.54, 1.807) is 0 Å². The summed E-state index contributed by atoms with van der Waals surface area (Å²) in [4.78, 5) is 0. The molecule has 4 radical (unpaired) electrons. The van der Waals surface area contributed by atoms with Crippen LogP contribution in [-0.2, 0) is 36.5 Å². The van der Waals surface area contributed by atoms with Gasteiger partial charge in [-0.3, -0.25) is 0 Å². The Bertz CT molecular complexity index is 8.00. The monoisotopic (exact) mass is 150 g/mol. The van der Waals surface area contributed by atoms with E-state index in [0.29, 0.717) is 0 Å². The molecule has 0 amide bonds. The van der Waals surface area contributed by atoms with Crippen molar-refractivity contribution in [2.45, 2.75) is 0 Å². The van der Waals surface area contributed by atoms with Crippen LogP contribution in [0.2, 0.25) is 0 Å². The van der Waals surface area contributed by atoms with Crippen molar-refractivity contribution in [3.05, 3.63) is 0 Å². The molecule has 0 rings (SSSR count). The predicted octanol–water partition coefficient (Wildman–Crippen LogP) is -0.767. The minimum absolute atomic E-state index is 0. The molecule has 0 aromatic rings. The summed E-state index contributed by atoms with van der Waals surface area (Å²) in [5.74, 6) is 0. The van der Waals surface area contributed by atoms with Gasteiger partial charge in [0.25, 0.3) is 0 Å². The molecule has 0 aliphatic carbocycles. The molecule has 0 saturated heterocycles. The Kier molecular flexibility index (Phi) is 140. The van der Waals surface area contributed by atoms with Crippen LogP contribution in [0.3, 0.4) is 0 Å². The van der Waals surface area contributed by atoms with Crippen LogP contribution in [0, 0.1) is 0 Å². The van der Waals surface area contributed by atoms with E-state index in [1.807, 2.05) is 0 Å². The third-order valence-corrected chi connectivity index (χ3v) is 0. The Morgan fingerprint density at radius 3 is 1.00 bits per heavy atom. The van der Waals surface area contributed by atoms with Gasteiger partial charge in [0.1, 0.15) is 0 Å². The second kappa shape index (κ2) is 17.8. The molecule has 0 N–H and O–H groups in total.